The monoisotopic (exact) mass is 389 g/mol. The smallest absolute Gasteiger partial charge is 0.237 e. The van der Waals surface area contributed by atoms with E-state index in [1.807, 2.05) is 31.4 Å². The Hall–Kier alpha value is -3.90. The first-order valence-electron chi connectivity index (χ1n) is 9.96. The molecule has 0 saturated heterocycles. The molecule has 0 aliphatic carbocycles. The van der Waals surface area contributed by atoms with E-state index in [-0.39, 0.29) is 0 Å². The molecule has 0 aliphatic rings. The summed E-state index contributed by atoms with van der Waals surface area (Å²) in [6.07, 6.45) is 2.04. The molecule has 30 heavy (non-hydrogen) atoms. The normalized spacial score (nSPS) is 11.1. The van der Waals surface area contributed by atoms with E-state index in [4.69, 9.17) is 11.0 Å². The maximum atomic E-state index is 7.84. The predicted molar refractivity (Wildman–Crippen MR) is 122 cm³/mol. The van der Waals surface area contributed by atoms with E-state index >= 15 is 0 Å². The average molecular weight is 389 g/mol. The Balaban J connectivity index is 1.78. The lowest BCUT2D eigenvalue weighted by atomic mass is 9.98. The summed E-state index contributed by atoms with van der Waals surface area (Å²) in [4.78, 5) is 3.86. The third kappa shape index (κ3) is 2.77. The Kier molecular flexibility index (Phi) is 4.15. The zero-order valence-corrected chi connectivity index (χ0v) is 17.2. The molecule has 0 atom stereocenters. The van der Waals surface area contributed by atoms with Crippen LogP contribution in [0.3, 0.4) is 0 Å². The summed E-state index contributed by atoms with van der Waals surface area (Å²) < 4.78 is 8.40. The van der Waals surface area contributed by atoms with E-state index in [0.29, 0.717) is 11.3 Å². The van der Waals surface area contributed by atoms with E-state index in [9.17, 15) is 0 Å². The number of benzene rings is 3. The first-order chi connectivity index (χ1) is 14.6. The Bertz CT molecular complexity index is 1470. The van der Waals surface area contributed by atoms with E-state index in [1.165, 1.54) is 11.1 Å². The second-order valence-electron chi connectivity index (χ2n) is 7.78. The Morgan fingerprint density at radius 1 is 0.867 bits per heavy atom. The van der Waals surface area contributed by atoms with Gasteiger partial charge in [-0.1, -0.05) is 42.0 Å². The van der Waals surface area contributed by atoms with E-state index in [1.54, 1.807) is 0 Å². The van der Waals surface area contributed by atoms with Crippen molar-refractivity contribution >= 4 is 27.6 Å². The fourth-order valence-electron chi connectivity index (χ4n) is 4.14. The third-order valence-electron chi connectivity index (χ3n) is 5.77. The Labute approximate surface area is 175 Å². The van der Waals surface area contributed by atoms with Crippen LogP contribution in [0.25, 0.3) is 49.2 Å². The molecule has 144 valence electrons. The first-order valence-corrected chi connectivity index (χ1v) is 9.96. The van der Waals surface area contributed by atoms with Gasteiger partial charge in [0.05, 0.1) is 12.1 Å². The SMILES string of the molecule is [C-]#[N+]c1c(-c2ccc(C)cc2)ccc2c1oc1cc(-c3cccc[n+]3C)c(C)cc12. The Morgan fingerprint density at radius 2 is 1.67 bits per heavy atom. The fourth-order valence-corrected chi connectivity index (χ4v) is 4.14. The van der Waals surface area contributed by atoms with Crippen LogP contribution in [0.2, 0.25) is 0 Å². The van der Waals surface area contributed by atoms with Gasteiger partial charge in [-0.25, -0.2) is 9.41 Å². The third-order valence-corrected chi connectivity index (χ3v) is 5.77. The average Bonchev–Trinajstić information content (AvgIpc) is 3.11. The molecule has 3 nitrogen and oxygen atoms in total. The van der Waals surface area contributed by atoms with Crippen LogP contribution in [-0.2, 0) is 7.05 Å². The second-order valence-corrected chi connectivity index (χ2v) is 7.78. The summed E-state index contributed by atoms with van der Waals surface area (Å²) in [6.45, 7) is 12.0. The summed E-state index contributed by atoms with van der Waals surface area (Å²) in [5, 5.41) is 2.03. The van der Waals surface area contributed by atoms with Gasteiger partial charge >= 0.3 is 0 Å². The number of aryl methyl sites for hydroxylation is 3. The minimum atomic E-state index is 0.567. The standard InChI is InChI=1S/C27H21N2O/c1-17-8-10-19(11-9-17)20-12-13-21-23-15-18(2)22(24-7-5-6-14-29(24)4)16-25(23)30-27(21)26(20)28-3/h5-16H,1-2,4H3/q+1. The number of rotatable bonds is 2. The maximum Gasteiger partial charge on any atom is 0.237 e. The fraction of sp³-hybridized carbons (Fsp3) is 0.111. The largest absolute Gasteiger partial charge is 0.467 e. The van der Waals surface area contributed by atoms with Crippen LogP contribution in [-0.4, -0.2) is 0 Å². The molecule has 0 fully saturated rings. The second kappa shape index (κ2) is 6.86. The van der Waals surface area contributed by atoms with Crippen molar-refractivity contribution in [1.82, 2.24) is 0 Å². The quantitative estimate of drug-likeness (QED) is 0.237. The first kappa shape index (κ1) is 18.1. The van der Waals surface area contributed by atoms with Gasteiger partial charge in [-0.2, -0.15) is 0 Å². The molecule has 0 unspecified atom stereocenters. The lowest BCUT2D eigenvalue weighted by molar-refractivity contribution is -0.660. The van der Waals surface area contributed by atoms with Gasteiger partial charge in [-0.3, -0.25) is 0 Å². The molecule has 0 spiro atoms. The number of furan rings is 1. The van der Waals surface area contributed by atoms with Gasteiger partial charge in [0.25, 0.3) is 0 Å². The van der Waals surface area contributed by atoms with Gasteiger partial charge in [0, 0.05) is 22.9 Å². The molecule has 0 saturated carbocycles. The van der Waals surface area contributed by atoms with Crippen LogP contribution >= 0.6 is 0 Å². The van der Waals surface area contributed by atoms with Crippen LogP contribution in [0.4, 0.5) is 5.69 Å². The molecular formula is C27H21N2O+. The molecule has 0 bridgehead atoms. The maximum absolute atomic E-state index is 7.84. The molecule has 5 rings (SSSR count). The van der Waals surface area contributed by atoms with Gasteiger partial charge in [0.1, 0.15) is 18.2 Å². The highest BCUT2D eigenvalue weighted by Gasteiger charge is 2.19. The summed E-state index contributed by atoms with van der Waals surface area (Å²) in [5.74, 6) is 0. The van der Waals surface area contributed by atoms with Crippen molar-refractivity contribution in [2.75, 3.05) is 0 Å². The van der Waals surface area contributed by atoms with Crippen molar-refractivity contribution in [3.63, 3.8) is 0 Å². The predicted octanol–water partition coefficient (Wildman–Crippen LogP) is 6.91. The van der Waals surface area contributed by atoms with Crippen molar-refractivity contribution < 1.29 is 8.98 Å². The molecular weight excluding hydrogens is 368 g/mol. The molecule has 2 heterocycles. The number of hydrogen-bond acceptors (Lipinski definition) is 1. The topological polar surface area (TPSA) is 21.4 Å². The van der Waals surface area contributed by atoms with Gasteiger partial charge in [-0.05, 0) is 48.7 Å². The van der Waals surface area contributed by atoms with E-state index < -0.39 is 0 Å². The molecule has 5 aromatic rings. The molecule has 0 amide bonds. The van der Waals surface area contributed by atoms with Crippen molar-refractivity contribution in [2.45, 2.75) is 13.8 Å². The zero-order chi connectivity index (χ0) is 20.8. The van der Waals surface area contributed by atoms with Crippen molar-refractivity contribution in [1.29, 1.82) is 0 Å². The summed E-state index contributed by atoms with van der Waals surface area (Å²) >= 11 is 0. The molecule has 0 N–H and O–H groups in total. The lowest BCUT2D eigenvalue weighted by Crippen LogP contribution is -2.30. The van der Waals surface area contributed by atoms with Crippen molar-refractivity contribution in [3.8, 4) is 22.4 Å². The Morgan fingerprint density at radius 3 is 2.40 bits per heavy atom. The van der Waals surface area contributed by atoms with E-state index in [2.05, 4.69) is 71.8 Å². The van der Waals surface area contributed by atoms with Gasteiger partial charge in [0.2, 0.25) is 11.4 Å². The number of pyridine rings is 1. The van der Waals surface area contributed by atoms with E-state index in [0.717, 1.165) is 38.7 Å². The highest BCUT2D eigenvalue weighted by molar-refractivity contribution is 6.12. The number of fused-ring (bicyclic) bond motifs is 3. The van der Waals surface area contributed by atoms with Crippen LogP contribution in [0.15, 0.2) is 77.3 Å². The molecule has 2 aromatic heterocycles. The molecule has 0 aliphatic heterocycles. The van der Waals surface area contributed by atoms with Gasteiger partial charge in [-0.15, -0.1) is 0 Å². The number of nitrogens with zero attached hydrogens (tertiary/aromatic N) is 2. The van der Waals surface area contributed by atoms with Gasteiger partial charge < -0.3 is 4.42 Å². The number of aromatic nitrogens is 1. The van der Waals surface area contributed by atoms with Crippen LogP contribution in [0, 0.1) is 20.4 Å². The minimum absolute atomic E-state index is 0.567. The molecule has 3 aromatic carbocycles. The van der Waals surface area contributed by atoms with Crippen molar-refractivity contribution in [3.05, 3.63) is 95.5 Å². The van der Waals surface area contributed by atoms with Crippen LogP contribution in [0.1, 0.15) is 11.1 Å². The number of hydrogen-bond donors (Lipinski definition) is 0. The summed E-state index contributed by atoms with van der Waals surface area (Å²) in [7, 11) is 2.04. The van der Waals surface area contributed by atoms with Crippen LogP contribution < -0.4 is 4.57 Å². The van der Waals surface area contributed by atoms with Gasteiger partial charge in [0.15, 0.2) is 6.20 Å². The zero-order valence-electron chi connectivity index (χ0n) is 17.2. The summed E-state index contributed by atoms with van der Waals surface area (Å²) in [6, 6.07) is 22.8. The van der Waals surface area contributed by atoms with Crippen molar-refractivity contribution in [2.24, 2.45) is 7.05 Å². The molecule has 3 heteroatoms. The molecule has 0 radical (unpaired) electrons. The highest BCUT2D eigenvalue weighted by Crippen LogP contribution is 2.42. The highest BCUT2D eigenvalue weighted by atomic mass is 16.3. The lowest BCUT2D eigenvalue weighted by Gasteiger charge is -2.06. The van der Waals surface area contributed by atoms with Crippen LogP contribution in [0.5, 0.6) is 0 Å². The minimum Gasteiger partial charge on any atom is -0.467 e. The summed E-state index contributed by atoms with van der Waals surface area (Å²) in [5.41, 5.74) is 8.61.